The second-order valence-electron chi connectivity index (χ2n) is 4.95. The Morgan fingerprint density at radius 1 is 1.23 bits per heavy atom. The van der Waals surface area contributed by atoms with Crippen molar-refractivity contribution in [3.63, 3.8) is 0 Å². The Hall–Kier alpha value is -0.300. The number of hydrogen-bond donors (Lipinski definition) is 1. The van der Waals surface area contributed by atoms with Crippen LogP contribution in [-0.4, -0.2) is 12.6 Å². The second-order valence-corrected chi connectivity index (χ2v) is 4.95. The Kier molecular flexibility index (Phi) is 3.98. The molecule has 1 aliphatic rings. The maximum absolute atomic E-state index is 3.92. The van der Waals surface area contributed by atoms with Gasteiger partial charge in [0.05, 0.1) is 0 Å². The summed E-state index contributed by atoms with van der Waals surface area (Å²) < 4.78 is 0. The van der Waals surface area contributed by atoms with Crippen molar-refractivity contribution in [1.29, 1.82) is 0 Å². The highest BCUT2D eigenvalue weighted by molar-refractivity contribution is 4.92. The summed E-state index contributed by atoms with van der Waals surface area (Å²) in [6.45, 7) is 11.7. The quantitative estimate of drug-likeness (QED) is 0.660. The summed E-state index contributed by atoms with van der Waals surface area (Å²) in [5.41, 5.74) is 1.24. The van der Waals surface area contributed by atoms with E-state index in [4.69, 9.17) is 0 Å². The van der Waals surface area contributed by atoms with Crippen LogP contribution < -0.4 is 5.32 Å². The Bertz CT molecular complexity index is 164. The van der Waals surface area contributed by atoms with Gasteiger partial charge in [0.1, 0.15) is 0 Å². The first kappa shape index (κ1) is 10.8. The fraction of sp³-hybridized carbons (Fsp3) is 0.833. The van der Waals surface area contributed by atoms with Gasteiger partial charge < -0.3 is 5.32 Å². The molecule has 1 rings (SSSR count). The molecule has 0 saturated heterocycles. The standard InChI is InChI=1S/C12H23N/c1-9(2)8-13-12-6-10(3)5-11(4)7-12/h10-13H,1,5-8H2,2-4H3. The third-order valence-corrected chi connectivity index (χ3v) is 2.87. The SMILES string of the molecule is C=C(C)CNC1CC(C)CC(C)C1. The van der Waals surface area contributed by atoms with Crippen LogP contribution in [0, 0.1) is 11.8 Å². The molecule has 0 radical (unpaired) electrons. The van der Waals surface area contributed by atoms with Gasteiger partial charge in [-0.05, 0) is 38.0 Å². The van der Waals surface area contributed by atoms with Crippen molar-refractivity contribution in [2.24, 2.45) is 11.8 Å². The van der Waals surface area contributed by atoms with E-state index >= 15 is 0 Å². The summed E-state index contributed by atoms with van der Waals surface area (Å²) >= 11 is 0. The molecule has 0 heterocycles. The maximum atomic E-state index is 3.92. The fourth-order valence-electron chi connectivity index (χ4n) is 2.43. The number of nitrogens with one attached hydrogen (secondary N) is 1. The van der Waals surface area contributed by atoms with Crippen molar-refractivity contribution in [2.75, 3.05) is 6.54 Å². The fourth-order valence-corrected chi connectivity index (χ4v) is 2.43. The summed E-state index contributed by atoms with van der Waals surface area (Å²) in [7, 11) is 0. The lowest BCUT2D eigenvalue weighted by Gasteiger charge is -2.32. The lowest BCUT2D eigenvalue weighted by atomic mass is 9.80. The molecule has 1 heteroatoms. The molecule has 1 aliphatic carbocycles. The van der Waals surface area contributed by atoms with Gasteiger partial charge in [-0.1, -0.05) is 26.0 Å². The van der Waals surface area contributed by atoms with Crippen LogP contribution in [0.4, 0.5) is 0 Å². The molecule has 0 aromatic heterocycles. The molecular formula is C12H23N. The zero-order valence-corrected chi connectivity index (χ0v) is 9.27. The molecule has 2 unspecified atom stereocenters. The van der Waals surface area contributed by atoms with Crippen LogP contribution in [-0.2, 0) is 0 Å². The van der Waals surface area contributed by atoms with E-state index < -0.39 is 0 Å². The molecule has 0 bridgehead atoms. The summed E-state index contributed by atoms with van der Waals surface area (Å²) in [4.78, 5) is 0. The van der Waals surface area contributed by atoms with Crippen molar-refractivity contribution in [3.05, 3.63) is 12.2 Å². The second kappa shape index (κ2) is 4.80. The molecule has 1 nitrogen and oxygen atoms in total. The Morgan fingerprint density at radius 2 is 1.77 bits per heavy atom. The highest BCUT2D eigenvalue weighted by atomic mass is 14.9. The van der Waals surface area contributed by atoms with Crippen molar-refractivity contribution in [3.8, 4) is 0 Å². The monoisotopic (exact) mass is 181 g/mol. The average molecular weight is 181 g/mol. The van der Waals surface area contributed by atoms with E-state index in [-0.39, 0.29) is 0 Å². The van der Waals surface area contributed by atoms with Crippen LogP contribution in [0.25, 0.3) is 0 Å². The summed E-state index contributed by atoms with van der Waals surface area (Å²) in [5.74, 6) is 1.79. The lowest BCUT2D eigenvalue weighted by Crippen LogP contribution is -2.37. The van der Waals surface area contributed by atoms with Crippen molar-refractivity contribution >= 4 is 0 Å². The first-order valence-electron chi connectivity index (χ1n) is 5.45. The highest BCUT2D eigenvalue weighted by Crippen LogP contribution is 2.28. The molecule has 0 amide bonds. The van der Waals surface area contributed by atoms with Gasteiger partial charge in [0.15, 0.2) is 0 Å². The molecule has 0 spiro atoms. The third kappa shape index (κ3) is 3.95. The van der Waals surface area contributed by atoms with Crippen molar-refractivity contribution < 1.29 is 0 Å². The van der Waals surface area contributed by atoms with E-state index in [0.29, 0.717) is 0 Å². The molecule has 0 aromatic carbocycles. The zero-order valence-electron chi connectivity index (χ0n) is 9.27. The first-order valence-corrected chi connectivity index (χ1v) is 5.45. The minimum absolute atomic E-state index is 0.732. The van der Waals surface area contributed by atoms with E-state index in [1.54, 1.807) is 0 Å². The van der Waals surface area contributed by atoms with E-state index in [1.165, 1.54) is 24.8 Å². The molecular weight excluding hydrogens is 158 g/mol. The predicted molar refractivity (Wildman–Crippen MR) is 58.8 cm³/mol. The smallest absolute Gasteiger partial charge is 0.0161 e. The molecule has 1 saturated carbocycles. The van der Waals surface area contributed by atoms with Gasteiger partial charge in [-0.15, -0.1) is 0 Å². The van der Waals surface area contributed by atoms with Gasteiger partial charge in [-0.2, -0.15) is 0 Å². The van der Waals surface area contributed by atoms with E-state index in [1.807, 2.05) is 0 Å². The minimum Gasteiger partial charge on any atom is -0.310 e. The van der Waals surface area contributed by atoms with Crippen LogP contribution in [0.5, 0.6) is 0 Å². The molecule has 1 fully saturated rings. The topological polar surface area (TPSA) is 12.0 Å². The Morgan fingerprint density at radius 3 is 2.23 bits per heavy atom. The predicted octanol–water partition coefficient (Wildman–Crippen LogP) is 2.98. The zero-order chi connectivity index (χ0) is 9.84. The highest BCUT2D eigenvalue weighted by Gasteiger charge is 2.22. The Balaban J connectivity index is 2.28. The number of hydrogen-bond acceptors (Lipinski definition) is 1. The molecule has 1 N–H and O–H groups in total. The van der Waals surface area contributed by atoms with Gasteiger partial charge in [0, 0.05) is 12.6 Å². The molecule has 2 atom stereocenters. The van der Waals surface area contributed by atoms with E-state index in [2.05, 4.69) is 32.7 Å². The Labute approximate surface area is 82.6 Å². The molecule has 76 valence electrons. The van der Waals surface area contributed by atoms with Crippen LogP contribution in [0.15, 0.2) is 12.2 Å². The lowest BCUT2D eigenvalue weighted by molar-refractivity contribution is 0.242. The van der Waals surface area contributed by atoms with Crippen molar-refractivity contribution in [2.45, 2.75) is 46.1 Å². The normalized spacial score (nSPS) is 34.5. The van der Waals surface area contributed by atoms with Crippen LogP contribution in [0.1, 0.15) is 40.0 Å². The summed E-state index contributed by atoms with van der Waals surface area (Å²) in [6.07, 6.45) is 4.10. The van der Waals surface area contributed by atoms with Gasteiger partial charge in [0.2, 0.25) is 0 Å². The molecule has 0 aliphatic heterocycles. The number of rotatable bonds is 3. The largest absolute Gasteiger partial charge is 0.310 e. The summed E-state index contributed by atoms with van der Waals surface area (Å²) in [5, 5.41) is 3.58. The van der Waals surface area contributed by atoms with Crippen LogP contribution in [0.3, 0.4) is 0 Å². The molecule has 0 aromatic rings. The van der Waals surface area contributed by atoms with E-state index in [0.717, 1.165) is 24.4 Å². The third-order valence-electron chi connectivity index (χ3n) is 2.87. The van der Waals surface area contributed by atoms with Crippen molar-refractivity contribution in [1.82, 2.24) is 5.32 Å². The minimum atomic E-state index is 0.732. The summed E-state index contributed by atoms with van der Waals surface area (Å²) in [6, 6.07) is 0.732. The van der Waals surface area contributed by atoms with E-state index in [9.17, 15) is 0 Å². The van der Waals surface area contributed by atoms with Gasteiger partial charge in [-0.25, -0.2) is 0 Å². The first-order chi connectivity index (χ1) is 6.08. The maximum Gasteiger partial charge on any atom is 0.0161 e. The van der Waals surface area contributed by atoms with Gasteiger partial charge in [0.25, 0.3) is 0 Å². The van der Waals surface area contributed by atoms with Gasteiger partial charge >= 0.3 is 0 Å². The van der Waals surface area contributed by atoms with Crippen LogP contribution in [0.2, 0.25) is 0 Å². The van der Waals surface area contributed by atoms with Crippen LogP contribution >= 0.6 is 0 Å². The molecule has 13 heavy (non-hydrogen) atoms. The van der Waals surface area contributed by atoms with Gasteiger partial charge in [-0.3, -0.25) is 0 Å². The average Bonchev–Trinajstić information content (AvgIpc) is 1.99.